The Kier molecular flexibility index (Phi) is 4.81. The SMILES string of the molecule is CCOC1CC1C(=O)N[C@H](CC(=O)O)c1cccc2ccccc12. The van der Waals surface area contributed by atoms with Gasteiger partial charge in [-0.05, 0) is 29.7 Å². The van der Waals surface area contributed by atoms with Crippen LogP contribution in [0.2, 0.25) is 0 Å². The molecular formula is C19H21NO4. The van der Waals surface area contributed by atoms with Crippen LogP contribution in [0.5, 0.6) is 0 Å². The number of amides is 1. The second kappa shape index (κ2) is 7.01. The van der Waals surface area contributed by atoms with Crippen LogP contribution in [0.4, 0.5) is 0 Å². The highest BCUT2D eigenvalue weighted by molar-refractivity contribution is 5.88. The van der Waals surface area contributed by atoms with E-state index in [4.69, 9.17) is 4.74 Å². The Balaban J connectivity index is 1.84. The quantitative estimate of drug-likeness (QED) is 0.820. The number of hydrogen-bond donors (Lipinski definition) is 2. The maximum atomic E-state index is 12.4. The van der Waals surface area contributed by atoms with Crippen LogP contribution in [0.15, 0.2) is 42.5 Å². The molecule has 3 rings (SSSR count). The third-order valence-electron chi connectivity index (χ3n) is 4.34. The van der Waals surface area contributed by atoms with Crippen LogP contribution in [-0.4, -0.2) is 29.7 Å². The molecule has 1 amide bonds. The van der Waals surface area contributed by atoms with E-state index in [-0.39, 0.29) is 24.3 Å². The van der Waals surface area contributed by atoms with Gasteiger partial charge in [0.1, 0.15) is 0 Å². The zero-order valence-corrected chi connectivity index (χ0v) is 13.6. The molecule has 2 unspecified atom stereocenters. The number of aliphatic carboxylic acids is 1. The lowest BCUT2D eigenvalue weighted by atomic mass is 9.96. The number of fused-ring (bicyclic) bond motifs is 1. The van der Waals surface area contributed by atoms with Gasteiger partial charge in [-0.1, -0.05) is 42.5 Å². The predicted molar refractivity (Wildman–Crippen MR) is 90.6 cm³/mol. The van der Waals surface area contributed by atoms with Gasteiger partial charge < -0.3 is 15.2 Å². The third kappa shape index (κ3) is 3.57. The summed E-state index contributed by atoms with van der Waals surface area (Å²) in [4.78, 5) is 23.7. The van der Waals surface area contributed by atoms with Gasteiger partial charge in [-0.3, -0.25) is 9.59 Å². The highest BCUT2D eigenvalue weighted by Crippen LogP contribution is 2.35. The average Bonchev–Trinajstić information content (AvgIpc) is 3.33. The molecule has 0 saturated heterocycles. The molecule has 1 aliphatic carbocycles. The van der Waals surface area contributed by atoms with E-state index in [1.165, 1.54) is 0 Å². The molecule has 0 aliphatic heterocycles. The van der Waals surface area contributed by atoms with Crippen molar-refractivity contribution in [3.05, 3.63) is 48.0 Å². The molecule has 1 saturated carbocycles. The number of carbonyl (C=O) groups excluding carboxylic acids is 1. The molecule has 0 aromatic heterocycles. The molecule has 126 valence electrons. The Hall–Kier alpha value is -2.40. The summed E-state index contributed by atoms with van der Waals surface area (Å²) < 4.78 is 5.45. The highest BCUT2D eigenvalue weighted by Gasteiger charge is 2.44. The van der Waals surface area contributed by atoms with Crippen LogP contribution in [-0.2, 0) is 14.3 Å². The van der Waals surface area contributed by atoms with Crippen LogP contribution in [0.1, 0.15) is 31.4 Å². The monoisotopic (exact) mass is 327 g/mol. The van der Waals surface area contributed by atoms with Gasteiger partial charge >= 0.3 is 5.97 Å². The van der Waals surface area contributed by atoms with Crippen LogP contribution < -0.4 is 5.32 Å². The van der Waals surface area contributed by atoms with Crippen LogP contribution >= 0.6 is 0 Å². The molecule has 3 atom stereocenters. The highest BCUT2D eigenvalue weighted by atomic mass is 16.5. The summed E-state index contributed by atoms with van der Waals surface area (Å²) in [6.07, 6.45) is 0.522. The first-order chi connectivity index (χ1) is 11.6. The molecular weight excluding hydrogens is 306 g/mol. The molecule has 2 N–H and O–H groups in total. The summed E-state index contributed by atoms with van der Waals surface area (Å²) in [5, 5.41) is 14.1. The lowest BCUT2D eigenvalue weighted by Gasteiger charge is -2.19. The number of carboxylic acid groups (broad SMARTS) is 1. The summed E-state index contributed by atoms with van der Waals surface area (Å²) in [7, 11) is 0. The number of hydrogen-bond acceptors (Lipinski definition) is 3. The molecule has 2 aromatic rings. The Morgan fingerprint density at radius 1 is 1.25 bits per heavy atom. The van der Waals surface area contributed by atoms with Gasteiger partial charge in [0, 0.05) is 6.61 Å². The lowest BCUT2D eigenvalue weighted by Crippen LogP contribution is -2.32. The zero-order valence-electron chi connectivity index (χ0n) is 13.6. The van der Waals surface area contributed by atoms with Crippen molar-refractivity contribution in [2.75, 3.05) is 6.61 Å². The fourth-order valence-electron chi connectivity index (χ4n) is 3.09. The normalized spacial score (nSPS) is 20.5. The van der Waals surface area contributed by atoms with E-state index in [0.29, 0.717) is 13.0 Å². The Morgan fingerprint density at radius 3 is 2.75 bits per heavy atom. The van der Waals surface area contributed by atoms with Crippen molar-refractivity contribution < 1.29 is 19.4 Å². The van der Waals surface area contributed by atoms with Crippen molar-refractivity contribution in [2.24, 2.45) is 5.92 Å². The van der Waals surface area contributed by atoms with E-state index in [2.05, 4.69) is 5.32 Å². The van der Waals surface area contributed by atoms with Crippen LogP contribution in [0, 0.1) is 5.92 Å². The fraction of sp³-hybridized carbons (Fsp3) is 0.368. The molecule has 5 heteroatoms. The molecule has 1 fully saturated rings. The maximum absolute atomic E-state index is 12.4. The predicted octanol–water partition coefficient (Wildman–Crippen LogP) is 2.90. The van der Waals surface area contributed by atoms with Gasteiger partial charge in [-0.2, -0.15) is 0 Å². The van der Waals surface area contributed by atoms with Crippen molar-refractivity contribution in [2.45, 2.75) is 31.9 Å². The minimum absolute atomic E-state index is 0.0343. The molecule has 5 nitrogen and oxygen atoms in total. The number of nitrogens with one attached hydrogen (secondary N) is 1. The van der Waals surface area contributed by atoms with Gasteiger partial charge in [0.25, 0.3) is 0 Å². The lowest BCUT2D eigenvalue weighted by molar-refractivity contribution is -0.137. The van der Waals surface area contributed by atoms with Gasteiger partial charge in [-0.15, -0.1) is 0 Å². The fourth-order valence-corrected chi connectivity index (χ4v) is 3.09. The Bertz CT molecular complexity index is 753. The van der Waals surface area contributed by atoms with Crippen molar-refractivity contribution in [3.63, 3.8) is 0 Å². The standard InChI is InChI=1S/C19H21NO4/c1-2-24-17-10-15(17)19(23)20-16(11-18(21)22)14-9-5-7-12-6-3-4-8-13(12)14/h3-9,15-17H,2,10-11H2,1H3,(H,20,23)(H,21,22)/t15?,16-,17?/m1/s1. The number of rotatable bonds is 7. The van der Waals surface area contributed by atoms with Crippen molar-refractivity contribution in [1.82, 2.24) is 5.32 Å². The number of ether oxygens (including phenoxy) is 1. The summed E-state index contributed by atoms with van der Waals surface area (Å²) in [6.45, 7) is 2.48. The first kappa shape index (κ1) is 16.5. The smallest absolute Gasteiger partial charge is 0.305 e. The van der Waals surface area contributed by atoms with Gasteiger partial charge in [0.15, 0.2) is 0 Å². The van der Waals surface area contributed by atoms with Crippen molar-refractivity contribution in [1.29, 1.82) is 0 Å². The molecule has 0 heterocycles. The topological polar surface area (TPSA) is 75.6 Å². The van der Waals surface area contributed by atoms with E-state index in [1.54, 1.807) is 0 Å². The van der Waals surface area contributed by atoms with E-state index in [1.807, 2.05) is 49.4 Å². The first-order valence-corrected chi connectivity index (χ1v) is 8.21. The Morgan fingerprint density at radius 2 is 2.00 bits per heavy atom. The number of benzene rings is 2. The second-order valence-electron chi connectivity index (χ2n) is 6.06. The average molecular weight is 327 g/mol. The minimum atomic E-state index is -0.939. The zero-order chi connectivity index (χ0) is 17.1. The second-order valence-corrected chi connectivity index (χ2v) is 6.06. The minimum Gasteiger partial charge on any atom is -0.481 e. The summed E-state index contributed by atoms with van der Waals surface area (Å²) in [6, 6.07) is 13.0. The number of carbonyl (C=O) groups is 2. The molecule has 2 aromatic carbocycles. The van der Waals surface area contributed by atoms with Gasteiger partial charge in [-0.25, -0.2) is 0 Å². The largest absolute Gasteiger partial charge is 0.481 e. The summed E-state index contributed by atoms with van der Waals surface area (Å²) in [5.74, 6) is -1.24. The molecule has 0 bridgehead atoms. The van der Waals surface area contributed by atoms with E-state index >= 15 is 0 Å². The molecule has 0 spiro atoms. The van der Waals surface area contributed by atoms with E-state index in [0.717, 1.165) is 16.3 Å². The van der Waals surface area contributed by atoms with E-state index in [9.17, 15) is 14.7 Å². The molecule has 1 aliphatic rings. The Labute approximate surface area is 140 Å². The van der Waals surface area contributed by atoms with Gasteiger partial charge in [0.2, 0.25) is 5.91 Å². The molecule has 24 heavy (non-hydrogen) atoms. The van der Waals surface area contributed by atoms with E-state index < -0.39 is 12.0 Å². The first-order valence-electron chi connectivity index (χ1n) is 8.21. The molecule has 0 radical (unpaired) electrons. The third-order valence-corrected chi connectivity index (χ3v) is 4.34. The van der Waals surface area contributed by atoms with Crippen molar-refractivity contribution in [3.8, 4) is 0 Å². The van der Waals surface area contributed by atoms with Crippen molar-refractivity contribution >= 4 is 22.6 Å². The van der Waals surface area contributed by atoms with Crippen LogP contribution in [0.3, 0.4) is 0 Å². The number of carboxylic acids is 1. The summed E-state index contributed by atoms with van der Waals surface area (Å²) >= 11 is 0. The van der Waals surface area contributed by atoms with Gasteiger partial charge in [0.05, 0.1) is 24.5 Å². The van der Waals surface area contributed by atoms with Crippen LogP contribution in [0.25, 0.3) is 10.8 Å². The summed E-state index contributed by atoms with van der Waals surface area (Å²) in [5.41, 5.74) is 0.831. The maximum Gasteiger partial charge on any atom is 0.305 e.